The minimum atomic E-state index is 0.245. The summed E-state index contributed by atoms with van der Waals surface area (Å²) in [4.78, 5) is 0. The average molecular weight is 149 g/mol. The third-order valence-electron chi connectivity index (χ3n) is 1.74. The second-order valence-corrected chi connectivity index (χ2v) is 3.25. The highest BCUT2D eigenvalue weighted by molar-refractivity contribution is 7.80. The zero-order chi connectivity index (χ0) is 7.49. The van der Waals surface area contributed by atoms with Crippen LogP contribution < -0.4 is 5.32 Å². The lowest BCUT2D eigenvalue weighted by atomic mass is 10.5. The molecule has 1 atom stereocenters. The van der Waals surface area contributed by atoms with Crippen LogP contribution in [0.25, 0.3) is 0 Å². The lowest BCUT2D eigenvalue weighted by molar-refractivity contribution is -0.900. The topological polar surface area (TPSA) is 12.0 Å². The second kappa shape index (κ2) is 3.44. The van der Waals surface area contributed by atoms with Crippen molar-refractivity contribution in [3.63, 3.8) is 0 Å². The molecule has 0 radical (unpaired) electrons. The van der Waals surface area contributed by atoms with Gasteiger partial charge in [0.05, 0.1) is 20.6 Å². The molecule has 0 amide bonds. The summed E-state index contributed by atoms with van der Waals surface area (Å²) in [6.07, 6.45) is 0. The molecule has 1 N–H and O–H groups in total. The summed E-state index contributed by atoms with van der Waals surface area (Å²) in [7, 11) is 6.22. The van der Waals surface area contributed by atoms with E-state index in [4.69, 9.17) is 0 Å². The molecule has 0 heterocycles. The maximum Gasteiger partial charge on any atom is 0.187 e. The summed E-state index contributed by atoms with van der Waals surface area (Å²) in [5.74, 6) is 0. The molecule has 9 heavy (non-hydrogen) atoms. The summed E-state index contributed by atoms with van der Waals surface area (Å²) in [5.41, 5.74) is 0.245. The van der Waals surface area contributed by atoms with Gasteiger partial charge in [0.25, 0.3) is 0 Å². The summed E-state index contributed by atoms with van der Waals surface area (Å²) in [5, 5.41) is 3.09. The highest BCUT2D eigenvalue weighted by Gasteiger charge is 2.19. The normalized spacial score (nSPS) is 15.7. The Balaban J connectivity index is 3.80. The van der Waals surface area contributed by atoms with Crippen molar-refractivity contribution in [3.05, 3.63) is 0 Å². The number of thiol groups is 1. The Kier molecular flexibility index (Phi) is 3.54. The van der Waals surface area contributed by atoms with Crippen LogP contribution in [0.4, 0.5) is 0 Å². The molecule has 0 rings (SSSR count). The number of hydrogen-bond acceptors (Lipinski definition) is 2. The largest absolute Gasteiger partial charge is 0.305 e. The molecule has 0 aliphatic rings. The van der Waals surface area contributed by atoms with Gasteiger partial charge in [0.15, 0.2) is 5.50 Å². The van der Waals surface area contributed by atoms with E-state index < -0.39 is 0 Å². The monoisotopic (exact) mass is 149 g/mol. The molecule has 0 aliphatic heterocycles. The molecule has 0 saturated carbocycles. The van der Waals surface area contributed by atoms with Gasteiger partial charge in [-0.1, -0.05) is 12.6 Å². The lowest BCUT2D eigenvalue weighted by Crippen LogP contribution is -2.51. The van der Waals surface area contributed by atoms with E-state index in [9.17, 15) is 0 Å². The Bertz CT molecular complexity index is 83.1. The first kappa shape index (κ1) is 9.27. The van der Waals surface area contributed by atoms with Crippen LogP contribution in [0.15, 0.2) is 0 Å². The van der Waals surface area contributed by atoms with Gasteiger partial charge in [0.2, 0.25) is 0 Å². The second-order valence-electron chi connectivity index (χ2n) is 2.76. The lowest BCUT2D eigenvalue weighted by Gasteiger charge is -2.33. The molecular weight excluding hydrogens is 132 g/mol. The molecule has 0 aromatic carbocycles. The quantitative estimate of drug-likeness (QED) is 0.338. The van der Waals surface area contributed by atoms with Gasteiger partial charge in [-0.2, -0.15) is 0 Å². The predicted octanol–water partition coefficient (Wildman–Crippen LogP) is 0.515. The Morgan fingerprint density at radius 3 is 2.11 bits per heavy atom. The predicted molar refractivity (Wildman–Crippen MR) is 44.5 cm³/mol. The highest BCUT2D eigenvalue weighted by atomic mass is 32.1. The van der Waals surface area contributed by atoms with Gasteiger partial charge in [-0.3, -0.25) is 5.32 Å². The van der Waals surface area contributed by atoms with Gasteiger partial charge in [0, 0.05) is 0 Å². The van der Waals surface area contributed by atoms with E-state index in [0.29, 0.717) is 0 Å². The smallest absolute Gasteiger partial charge is 0.187 e. The molecule has 0 aromatic heterocycles. The maximum atomic E-state index is 4.35. The first-order valence-corrected chi connectivity index (χ1v) is 3.74. The average Bonchev–Trinajstić information content (AvgIpc) is 1.86. The Labute approximate surface area is 63.2 Å². The van der Waals surface area contributed by atoms with Crippen LogP contribution in [0.1, 0.15) is 6.92 Å². The fourth-order valence-electron chi connectivity index (χ4n) is 0.522. The Morgan fingerprint density at radius 1 is 1.56 bits per heavy atom. The minimum Gasteiger partial charge on any atom is -0.305 e. The molecule has 3 heteroatoms. The third-order valence-corrected chi connectivity index (χ3v) is 2.62. The van der Waals surface area contributed by atoms with Gasteiger partial charge >= 0.3 is 0 Å². The van der Waals surface area contributed by atoms with Crippen LogP contribution >= 0.6 is 12.6 Å². The summed E-state index contributed by atoms with van der Waals surface area (Å²) in [6.45, 7) is 3.25. The van der Waals surface area contributed by atoms with Crippen molar-refractivity contribution >= 4 is 12.6 Å². The van der Waals surface area contributed by atoms with E-state index in [-0.39, 0.29) is 5.50 Å². The van der Waals surface area contributed by atoms with Gasteiger partial charge in [0.1, 0.15) is 0 Å². The van der Waals surface area contributed by atoms with E-state index in [2.05, 4.69) is 39.0 Å². The van der Waals surface area contributed by atoms with Crippen molar-refractivity contribution in [3.8, 4) is 0 Å². The van der Waals surface area contributed by atoms with Gasteiger partial charge in [-0.05, 0) is 14.0 Å². The fraction of sp³-hybridized carbons (Fsp3) is 1.00. The van der Waals surface area contributed by atoms with Crippen LogP contribution in [-0.4, -0.2) is 37.7 Å². The maximum absolute atomic E-state index is 4.35. The van der Waals surface area contributed by atoms with E-state index in [0.717, 1.165) is 11.0 Å². The van der Waals surface area contributed by atoms with Crippen LogP contribution in [0.5, 0.6) is 0 Å². The standard InChI is InChI=1S/C6H16N2S/c1-5-8(3,4)6(9)7-2/h6-7H,5H2,1-4H3/p+1. The molecule has 0 aliphatic carbocycles. The molecule has 1 unspecified atom stereocenters. The third kappa shape index (κ3) is 2.56. The van der Waals surface area contributed by atoms with Crippen LogP contribution in [0, 0.1) is 0 Å². The Morgan fingerprint density at radius 2 is 2.00 bits per heavy atom. The molecule has 0 bridgehead atoms. The molecular formula is C6H17N2S+. The molecule has 0 saturated heterocycles. The van der Waals surface area contributed by atoms with Crippen molar-refractivity contribution in [2.45, 2.75) is 12.4 Å². The molecule has 56 valence electrons. The highest BCUT2D eigenvalue weighted by Crippen LogP contribution is 2.05. The molecule has 0 aromatic rings. The number of nitrogens with one attached hydrogen (secondary N) is 1. The van der Waals surface area contributed by atoms with Crippen molar-refractivity contribution < 1.29 is 4.48 Å². The van der Waals surface area contributed by atoms with Crippen molar-refractivity contribution in [1.29, 1.82) is 0 Å². The number of hydrogen-bond donors (Lipinski definition) is 2. The van der Waals surface area contributed by atoms with Gasteiger partial charge in [-0.15, -0.1) is 0 Å². The van der Waals surface area contributed by atoms with Crippen molar-refractivity contribution in [1.82, 2.24) is 5.32 Å². The van der Waals surface area contributed by atoms with Crippen LogP contribution in [-0.2, 0) is 0 Å². The van der Waals surface area contributed by atoms with Crippen molar-refractivity contribution in [2.24, 2.45) is 0 Å². The van der Waals surface area contributed by atoms with Crippen LogP contribution in [0.2, 0.25) is 0 Å². The molecule has 0 spiro atoms. The summed E-state index contributed by atoms with van der Waals surface area (Å²) >= 11 is 4.35. The van der Waals surface area contributed by atoms with E-state index in [1.165, 1.54) is 0 Å². The molecule has 0 fully saturated rings. The zero-order valence-corrected chi connectivity index (χ0v) is 7.57. The number of rotatable bonds is 3. The van der Waals surface area contributed by atoms with Gasteiger partial charge in [-0.25, -0.2) is 0 Å². The van der Waals surface area contributed by atoms with E-state index >= 15 is 0 Å². The number of quaternary nitrogens is 1. The SMILES string of the molecule is CC[N+](C)(C)C(S)NC. The Hall–Kier alpha value is 0.270. The van der Waals surface area contributed by atoms with Crippen molar-refractivity contribution in [2.75, 3.05) is 27.7 Å². The fourth-order valence-corrected chi connectivity index (χ4v) is 0.686. The summed E-state index contributed by atoms with van der Waals surface area (Å²) < 4.78 is 0.902. The van der Waals surface area contributed by atoms with Gasteiger partial charge < -0.3 is 4.48 Å². The first-order chi connectivity index (χ1) is 4.04. The first-order valence-electron chi connectivity index (χ1n) is 3.22. The van der Waals surface area contributed by atoms with Crippen LogP contribution in [0.3, 0.4) is 0 Å². The summed E-state index contributed by atoms with van der Waals surface area (Å²) in [6, 6.07) is 0. The molecule has 2 nitrogen and oxygen atoms in total. The minimum absolute atomic E-state index is 0.245. The van der Waals surface area contributed by atoms with E-state index in [1.54, 1.807) is 0 Å². The van der Waals surface area contributed by atoms with E-state index in [1.807, 2.05) is 7.05 Å². The number of nitrogens with zero attached hydrogens (tertiary/aromatic N) is 1. The zero-order valence-electron chi connectivity index (χ0n) is 6.68.